The lowest BCUT2D eigenvalue weighted by atomic mass is 10.2. The molecule has 162 valence electrons. The maximum atomic E-state index is 10.6. The zero-order valence-corrected chi connectivity index (χ0v) is 16.0. The van der Waals surface area contributed by atoms with Gasteiger partial charge in [-0.15, -0.1) is 10.2 Å². The van der Waals surface area contributed by atoms with E-state index in [0.717, 1.165) is 53.8 Å². The first-order chi connectivity index (χ1) is 14.3. The van der Waals surface area contributed by atoms with Crippen molar-refractivity contribution in [2.24, 2.45) is 0 Å². The van der Waals surface area contributed by atoms with Gasteiger partial charge in [0.05, 0.1) is 26.7 Å². The summed E-state index contributed by atoms with van der Waals surface area (Å²) >= 11 is 0. The number of carboxylic acids is 1. The maximum absolute atomic E-state index is 10.6. The highest BCUT2D eigenvalue weighted by atomic mass is 19.4. The molecule has 4 rings (SSSR count). The predicted octanol–water partition coefficient (Wildman–Crippen LogP) is 2.06. The molecular weight excluding hydrogens is 407 g/mol. The van der Waals surface area contributed by atoms with E-state index in [1.807, 2.05) is 24.3 Å². The molecule has 3 aromatic rings. The van der Waals surface area contributed by atoms with E-state index in [1.54, 1.807) is 7.11 Å². The van der Waals surface area contributed by atoms with E-state index in [2.05, 4.69) is 25.4 Å². The quantitative estimate of drug-likeness (QED) is 0.567. The molecule has 3 N–H and O–H groups in total. The Hall–Kier alpha value is -3.12. The molecule has 0 bridgehead atoms. The zero-order chi connectivity index (χ0) is 21.7. The lowest BCUT2D eigenvalue weighted by Crippen LogP contribution is -2.30. The minimum atomic E-state index is -5.08. The van der Waals surface area contributed by atoms with Crippen LogP contribution >= 0.6 is 0 Å². The number of ether oxygens (including phenoxy) is 1. The van der Waals surface area contributed by atoms with Crippen molar-refractivity contribution in [2.75, 3.05) is 13.7 Å². The molecule has 12 heteroatoms. The van der Waals surface area contributed by atoms with Crippen molar-refractivity contribution in [2.45, 2.75) is 32.4 Å². The van der Waals surface area contributed by atoms with E-state index < -0.39 is 12.1 Å². The molecule has 0 aliphatic carbocycles. The molecule has 0 amide bonds. The molecule has 0 atom stereocenters. The molecule has 1 aliphatic heterocycles. The molecular formula is C18H20F3N5O4. The lowest BCUT2D eigenvalue weighted by Gasteiger charge is -2.15. The number of carboxylic acid groups (broad SMARTS) is 1. The molecule has 2 aromatic heterocycles. The summed E-state index contributed by atoms with van der Waals surface area (Å²) in [6, 6.07) is 7.84. The summed E-state index contributed by atoms with van der Waals surface area (Å²) in [4.78, 5) is 8.90. The summed E-state index contributed by atoms with van der Waals surface area (Å²) in [6.07, 6.45) is -5.08. The Morgan fingerprint density at radius 1 is 1.33 bits per heavy atom. The van der Waals surface area contributed by atoms with Crippen molar-refractivity contribution in [3.05, 3.63) is 41.7 Å². The normalized spacial score (nSPS) is 13.5. The van der Waals surface area contributed by atoms with Gasteiger partial charge in [-0.1, -0.05) is 0 Å². The fraction of sp³-hybridized carbons (Fsp3) is 0.389. The highest BCUT2D eigenvalue weighted by Gasteiger charge is 2.38. The number of benzene rings is 1. The van der Waals surface area contributed by atoms with Crippen LogP contribution in [-0.4, -0.2) is 45.7 Å². The second-order valence-electron chi connectivity index (χ2n) is 6.38. The van der Waals surface area contributed by atoms with Gasteiger partial charge in [0.2, 0.25) is 0 Å². The minimum Gasteiger partial charge on any atom is -0.497 e. The lowest BCUT2D eigenvalue weighted by molar-refractivity contribution is -0.192. The summed E-state index contributed by atoms with van der Waals surface area (Å²) < 4.78 is 45.0. The van der Waals surface area contributed by atoms with Crippen LogP contribution in [-0.2, 0) is 31.0 Å². The average Bonchev–Trinajstić information content (AvgIpc) is 3.31. The zero-order valence-electron chi connectivity index (χ0n) is 16.0. The number of aliphatic carboxylic acids is 1. The van der Waals surface area contributed by atoms with Gasteiger partial charge in [-0.3, -0.25) is 0 Å². The third-order valence-electron chi connectivity index (χ3n) is 4.30. The van der Waals surface area contributed by atoms with Gasteiger partial charge >= 0.3 is 12.1 Å². The van der Waals surface area contributed by atoms with Crippen LogP contribution < -0.4 is 15.4 Å². The van der Waals surface area contributed by atoms with Gasteiger partial charge in [-0.25, -0.2) is 4.79 Å². The van der Waals surface area contributed by atoms with Crippen LogP contribution in [0.25, 0.3) is 11.0 Å². The number of aromatic nitrogens is 3. The van der Waals surface area contributed by atoms with Crippen LogP contribution in [0.4, 0.5) is 13.2 Å². The Bertz CT molecular complexity index is 1020. The van der Waals surface area contributed by atoms with Crippen LogP contribution in [0.1, 0.15) is 17.4 Å². The fourth-order valence-electron chi connectivity index (χ4n) is 2.87. The Balaban J connectivity index is 0.000000318. The summed E-state index contributed by atoms with van der Waals surface area (Å²) in [6.45, 7) is 4.00. The van der Waals surface area contributed by atoms with Crippen LogP contribution in [0.2, 0.25) is 0 Å². The van der Waals surface area contributed by atoms with E-state index in [-0.39, 0.29) is 0 Å². The summed E-state index contributed by atoms with van der Waals surface area (Å²) in [7, 11) is 1.67. The van der Waals surface area contributed by atoms with Crippen molar-refractivity contribution >= 4 is 16.9 Å². The number of rotatable bonds is 5. The Morgan fingerprint density at radius 2 is 2.10 bits per heavy atom. The molecule has 0 fully saturated rings. The van der Waals surface area contributed by atoms with Crippen molar-refractivity contribution in [3.8, 4) is 5.75 Å². The molecule has 1 aromatic carbocycles. The number of nitrogens with one attached hydrogen (secondary N) is 2. The molecule has 9 nitrogen and oxygen atoms in total. The predicted molar refractivity (Wildman–Crippen MR) is 98.7 cm³/mol. The first-order valence-electron chi connectivity index (χ1n) is 8.97. The number of nitrogens with zero attached hydrogens (tertiary/aromatic N) is 3. The molecule has 0 spiro atoms. The molecule has 0 saturated heterocycles. The fourth-order valence-corrected chi connectivity index (χ4v) is 2.87. The SMILES string of the molecule is COc1ccc2oc(CNCc3nnc4n3CCNC4)cc2c1.O=C(O)C(F)(F)F. The van der Waals surface area contributed by atoms with E-state index in [4.69, 9.17) is 19.1 Å². The van der Waals surface area contributed by atoms with Gasteiger partial charge in [0.25, 0.3) is 0 Å². The second kappa shape index (κ2) is 9.13. The van der Waals surface area contributed by atoms with Crippen molar-refractivity contribution in [1.82, 2.24) is 25.4 Å². The third kappa shape index (κ3) is 5.27. The topological polar surface area (TPSA) is 114 Å². The van der Waals surface area contributed by atoms with E-state index in [0.29, 0.717) is 13.1 Å². The van der Waals surface area contributed by atoms with Crippen LogP contribution in [0.5, 0.6) is 5.75 Å². The van der Waals surface area contributed by atoms with E-state index in [9.17, 15) is 13.2 Å². The van der Waals surface area contributed by atoms with Crippen LogP contribution in [0.15, 0.2) is 28.7 Å². The van der Waals surface area contributed by atoms with Crippen molar-refractivity contribution in [1.29, 1.82) is 0 Å². The van der Waals surface area contributed by atoms with Gasteiger partial charge in [0.1, 0.15) is 28.7 Å². The molecule has 1 aliphatic rings. The number of hydrogen-bond donors (Lipinski definition) is 3. The molecule has 30 heavy (non-hydrogen) atoms. The number of halogens is 3. The number of hydrogen-bond acceptors (Lipinski definition) is 7. The number of carbonyl (C=O) groups is 1. The smallest absolute Gasteiger partial charge is 0.490 e. The van der Waals surface area contributed by atoms with E-state index >= 15 is 0 Å². The van der Waals surface area contributed by atoms with Crippen molar-refractivity contribution < 1.29 is 32.2 Å². The second-order valence-corrected chi connectivity index (χ2v) is 6.38. The summed E-state index contributed by atoms with van der Waals surface area (Å²) in [5.74, 6) is 0.950. The highest BCUT2D eigenvalue weighted by Crippen LogP contribution is 2.24. The maximum Gasteiger partial charge on any atom is 0.490 e. The highest BCUT2D eigenvalue weighted by molar-refractivity contribution is 5.79. The van der Waals surface area contributed by atoms with Crippen LogP contribution in [0.3, 0.4) is 0 Å². The molecule has 0 unspecified atom stereocenters. The van der Waals surface area contributed by atoms with Crippen LogP contribution in [0, 0.1) is 0 Å². The first-order valence-corrected chi connectivity index (χ1v) is 8.97. The molecule has 0 saturated carbocycles. The molecule has 0 radical (unpaired) electrons. The standard InChI is InChI=1S/C16H19N5O2.C2HF3O2/c1-22-12-2-3-14-11(6-12)7-13(23-14)8-18-10-16-20-19-15-9-17-4-5-21(15)16;3-2(4,5)1(6)7/h2-3,6-7,17-18H,4-5,8-10H2,1H3;(H,6,7). The Labute approximate surface area is 168 Å². The third-order valence-corrected chi connectivity index (χ3v) is 4.30. The van der Waals surface area contributed by atoms with Gasteiger partial charge in [0, 0.05) is 18.5 Å². The van der Waals surface area contributed by atoms with Crippen molar-refractivity contribution in [3.63, 3.8) is 0 Å². The molecule has 3 heterocycles. The monoisotopic (exact) mass is 427 g/mol. The number of fused-ring (bicyclic) bond motifs is 2. The summed E-state index contributed by atoms with van der Waals surface area (Å²) in [5, 5.41) is 23.3. The minimum absolute atomic E-state index is 0.650. The number of furan rings is 1. The van der Waals surface area contributed by atoms with Gasteiger partial charge in [0.15, 0.2) is 0 Å². The number of alkyl halides is 3. The average molecular weight is 427 g/mol. The van der Waals surface area contributed by atoms with Gasteiger partial charge < -0.3 is 29.5 Å². The summed E-state index contributed by atoms with van der Waals surface area (Å²) in [5.41, 5.74) is 0.869. The Kier molecular flexibility index (Phi) is 6.57. The first kappa shape index (κ1) is 21.6. The van der Waals surface area contributed by atoms with Gasteiger partial charge in [-0.2, -0.15) is 13.2 Å². The van der Waals surface area contributed by atoms with E-state index in [1.165, 1.54) is 0 Å². The van der Waals surface area contributed by atoms with Gasteiger partial charge in [-0.05, 0) is 24.3 Å². The Morgan fingerprint density at radius 3 is 2.80 bits per heavy atom. The largest absolute Gasteiger partial charge is 0.497 e. The number of methoxy groups -OCH3 is 1.